The van der Waals surface area contributed by atoms with Gasteiger partial charge < -0.3 is 19.8 Å². The molecule has 0 bridgehead atoms. The lowest BCUT2D eigenvalue weighted by molar-refractivity contribution is -0.0323. The van der Waals surface area contributed by atoms with E-state index >= 15 is 0 Å². The first-order valence-electron chi connectivity index (χ1n) is 10.9. The van der Waals surface area contributed by atoms with Crippen molar-refractivity contribution in [3.05, 3.63) is 70.7 Å². The van der Waals surface area contributed by atoms with Gasteiger partial charge >= 0.3 is 0 Å². The minimum absolute atomic E-state index is 0.0584. The molecule has 0 aliphatic carbocycles. The molecule has 2 aromatic heterocycles. The van der Waals surface area contributed by atoms with E-state index in [-0.39, 0.29) is 12.0 Å². The highest BCUT2D eigenvalue weighted by atomic mass is 32.1. The second kappa shape index (κ2) is 9.42. The van der Waals surface area contributed by atoms with Gasteiger partial charge in [0, 0.05) is 55.3 Å². The summed E-state index contributed by atoms with van der Waals surface area (Å²) < 4.78 is 12.4. The number of thiophene rings is 1. The highest BCUT2D eigenvalue weighted by Crippen LogP contribution is 2.38. The average Bonchev–Trinajstić information content (AvgIpc) is 3.43. The molecule has 1 aliphatic heterocycles. The molecule has 2 N–H and O–H groups in total. The van der Waals surface area contributed by atoms with E-state index in [1.165, 1.54) is 22.3 Å². The topological polar surface area (TPSA) is 66.6 Å². The largest absolute Gasteiger partial charge is 0.383 e. The first-order valence-corrected chi connectivity index (χ1v) is 11.7. The number of fused-ring (bicyclic) bond motifs is 2. The summed E-state index contributed by atoms with van der Waals surface area (Å²) in [6.45, 7) is 4.11. The maximum atomic E-state index is 13.0. The summed E-state index contributed by atoms with van der Waals surface area (Å²) in [7, 11) is 1.63. The number of hydrogen-bond acceptors (Lipinski definition) is 5. The molecular formula is C25H27N3O3S. The Hall–Kier alpha value is -2.71. The van der Waals surface area contributed by atoms with Crippen LogP contribution >= 0.6 is 11.3 Å². The molecule has 3 heterocycles. The van der Waals surface area contributed by atoms with Crippen LogP contribution in [0.4, 0.5) is 0 Å². The van der Waals surface area contributed by atoms with Crippen LogP contribution < -0.4 is 5.32 Å². The fourth-order valence-electron chi connectivity index (χ4n) is 4.38. The van der Waals surface area contributed by atoms with Crippen molar-refractivity contribution in [3.63, 3.8) is 0 Å². The molecule has 0 unspecified atom stereocenters. The summed E-state index contributed by atoms with van der Waals surface area (Å²) in [4.78, 5) is 19.4. The Bertz CT molecular complexity index is 1230. The molecule has 1 fully saturated rings. The lowest BCUT2D eigenvalue weighted by Crippen LogP contribution is -2.38. The number of H-pyrrole nitrogens is 1. The number of methoxy groups -OCH3 is 1. The lowest BCUT2D eigenvalue weighted by Gasteiger charge is -2.33. The predicted octanol–water partition coefficient (Wildman–Crippen LogP) is 4.33. The van der Waals surface area contributed by atoms with Crippen LogP contribution in [-0.4, -0.2) is 55.7 Å². The van der Waals surface area contributed by atoms with Gasteiger partial charge in [-0.2, -0.15) is 0 Å². The fourth-order valence-corrected chi connectivity index (χ4v) is 5.55. The van der Waals surface area contributed by atoms with Crippen LogP contribution in [0.2, 0.25) is 0 Å². The van der Waals surface area contributed by atoms with Crippen LogP contribution in [-0.2, 0) is 16.0 Å². The van der Waals surface area contributed by atoms with E-state index < -0.39 is 0 Å². The van der Waals surface area contributed by atoms with Crippen LogP contribution in [0.15, 0.2) is 54.7 Å². The minimum atomic E-state index is -0.140. The summed E-state index contributed by atoms with van der Waals surface area (Å²) >= 11 is 1.54. The van der Waals surface area contributed by atoms with E-state index in [9.17, 15) is 4.79 Å². The average molecular weight is 450 g/mol. The SMILES string of the molecule is COCCNC(=O)c1sc2ccccc2c1[C@H]1CN(Cc2ccc3[nH]ccc3c2)CCO1. The number of carbonyl (C=O) groups is 1. The fraction of sp³-hybridized carbons (Fsp3) is 0.320. The van der Waals surface area contributed by atoms with E-state index in [1.54, 1.807) is 7.11 Å². The number of morpholine rings is 1. The van der Waals surface area contributed by atoms with E-state index in [0.717, 1.165) is 45.7 Å². The molecule has 1 saturated heterocycles. The molecule has 4 aromatic rings. The highest BCUT2D eigenvalue weighted by Gasteiger charge is 2.29. The Morgan fingerprint density at radius 1 is 1.28 bits per heavy atom. The van der Waals surface area contributed by atoms with Crippen LogP contribution in [0, 0.1) is 0 Å². The van der Waals surface area contributed by atoms with Gasteiger partial charge in [-0.25, -0.2) is 0 Å². The predicted molar refractivity (Wildman–Crippen MR) is 128 cm³/mol. The molecule has 0 radical (unpaired) electrons. The van der Waals surface area contributed by atoms with Crippen molar-refractivity contribution in [1.82, 2.24) is 15.2 Å². The van der Waals surface area contributed by atoms with Gasteiger partial charge in [-0.3, -0.25) is 9.69 Å². The number of rotatable bonds is 7. The van der Waals surface area contributed by atoms with Crippen molar-refractivity contribution in [2.75, 3.05) is 40.0 Å². The Morgan fingerprint density at radius 3 is 3.09 bits per heavy atom. The zero-order chi connectivity index (χ0) is 21.9. The Balaban J connectivity index is 1.39. The third-order valence-corrected chi connectivity index (χ3v) is 7.11. The number of nitrogens with one attached hydrogen (secondary N) is 2. The molecule has 6 nitrogen and oxygen atoms in total. The van der Waals surface area contributed by atoms with E-state index in [1.807, 2.05) is 18.3 Å². The highest BCUT2D eigenvalue weighted by molar-refractivity contribution is 7.21. The number of benzene rings is 2. The smallest absolute Gasteiger partial charge is 0.261 e. The Kier molecular flexibility index (Phi) is 6.23. The van der Waals surface area contributed by atoms with Crippen molar-refractivity contribution in [2.24, 2.45) is 0 Å². The maximum Gasteiger partial charge on any atom is 0.261 e. The molecule has 0 spiro atoms. The minimum Gasteiger partial charge on any atom is -0.383 e. The number of ether oxygens (including phenoxy) is 2. The van der Waals surface area contributed by atoms with Gasteiger partial charge in [0.1, 0.15) is 0 Å². The number of carbonyl (C=O) groups excluding carboxylic acids is 1. The Morgan fingerprint density at radius 2 is 2.19 bits per heavy atom. The molecule has 166 valence electrons. The molecule has 7 heteroatoms. The number of aromatic nitrogens is 1. The zero-order valence-corrected chi connectivity index (χ0v) is 18.9. The standard InChI is InChI=1S/C25H27N3O3S/c1-30-12-10-27-25(29)24-23(19-4-2-3-5-22(19)32-24)21-16-28(11-13-31-21)15-17-6-7-20-18(14-17)8-9-26-20/h2-9,14,21,26H,10-13,15-16H2,1H3,(H,27,29)/t21-/m1/s1. The first kappa shape index (κ1) is 21.2. The summed E-state index contributed by atoms with van der Waals surface area (Å²) in [6, 6.07) is 16.9. The Labute approximate surface area is 191 Å². The van der Waals surface area contributed by atoms with Gasteiger partial charge in [0.15, 0.2) is 0 Å². The molecule has 0 saturated carbocycles. The van der Waals surface area contributed by atoms with E-state index in [4.69, 9.17) is 9.47 Å². The number of amides is 1. The molecular weight excluding hydrogens is 422 g/mol. The van der Waals surface area contributed by atoms with Crippen LogP contribution in [0.1, 0.15) is 26.9 Å². The van der Waals surface area contributed by atoms with E-state index in [2.05, 4.69) is 51.6 Å². The van der Waals surface area contributed by atoms with Gasteiger partial charge in [-0.1, -0.05) is 24.3 Å². The first-order chi connectivity index (χ1) is 15.7. The summed E-state index contributed by atoms with van der Waals surface area (Å²) in [5.41, 5.74) is 3.44. The maximum absolute atomic E-state index is 13.0. The van der Waals surface area contributed by atoms with Gasteiger partial charge in [-0.05, 0) is 40.6 Å². The van der Waals surface area contributed by atoms with Crippen molar-refractivity contribution in [1.29, 1.82) is 0 Å². The van der Waals surface area contributed by atoms with Crippen LogP contribution in [0.3, 0.4) is 0 Å². The van der Waals surface area contributed by atoms with Crippen molar-refractivity contribution in [2.45, 2.75) is 12.6 Å². The second-order valence-electron chi connectivity index (χ2n) is 8.08. The molecule has 1 amide bonds. The number of hydrogen-bond donors (Lipinski definition) is 2. The van der Waals surface area contributed by atoms with Crippen molar-refractivity contribution < 1.29 is 14.3 Å². The van der Waals surface area contributed by atoms with Crippen molar-refractivity contribution in [3.8, 4) is 0 Å². The van der Waals surface area contributed by atoms with E-state index in [0.29, 0.717) is 19.8 Å². The molecule has 2 aromatic carbocycles. The number of nitrogens with zero attached hydrogens (tertiary/aromatic N) is 1. The normalized spacial score (nSPS) is 17.2. The molecule has 1 aliphatic rings. The van der Waals surface area contributed by atoms with Crippen LogP contribution in [0.25, 0.3) is 21.0 Å². The quantitative estimate of drug-likeness (QED) is 0.412. The molecule has 5 rings (SSSR count). The lowest BCUT2D eigenvalue weighted by atomic mass is 10.0. The molecule has 32 heavy (non-hydrogen) atoms. The molecule has 1 atom stereocenters. The second-order valence-corrected chi connectivity index (χ2v) is 9.14. The zero-order valence-electron chi connectivity index (χ0n) is 18.1. The third-order valence-electron chi connectivity index (χ3n) is 5.93. The van der Waals surface area contributed by atoms with Gasteiger partial charge in [0.05, 0.1) is 24.2 Å². The number of aromatic amines is 1. The van der Waals surface area contributed by atoms with Crippen LogP contribution in [0.5, 0.6) is 0 Å². The van der Waals surface area contributed by atoms with Gasteiger partial charge in [0.2, 0.25) is 0 Å². The summed E-state index contributed by atoms with van der Waals surface area (Å²) in [5.74, 6) is -0.0584. The summed E-state index contributed by atoms with van der Waals surface area (Å²) in [6.07, 6.45) is 1.83. The monoisotopic (exact) mass is 449 g/mol. The summed E-state index contributed by atoms with van der Waals surface area (Å²) in [5, 5.41) is 5.31. The van der Waals surface area contributed by atoms with Gasteiger partial charge in [-0.15, -0.1) is 11.3 Å². The third kappa shape index (κ3) is 4.29. The van der Waals surface area contributed by atoms with Crippen molar-refractivity contribution >= 4 is 38.2 Å². The van der Waals surface area contributed by atoms with Gasteiger partial charge in [0.25, 0.3) is 5.91 Å².